The number of halogens is 5. The highest BCUT2D eigenvalue weighted by molar-refractivity contribution is 7.89. The third kappa shape index (κ3) is 6.11. The van der Waals surface area contributed by atoms with Gasteiger partial charge in [0, 0.05) is 34.8 Å². The first kappa shape index (κ1) is 24.3. The fraction of sp³-hybridized carbons (Fsp3) is 0.143. The molecule has 0 aliphatic heterocycles. The van der Waals surface area contributed by atoms with Gasteiger partial charge in [-0.2, -0.15) is 13.2 Å². The third-order valence-electron chi connectivity index (χ3n) is 4.54. The van der Waals surface area contributed by atoms with E-state index in [4.69, 9.17) is 5.14 Å². The van der Waals surface area contributed by atoms with E-state index in [2.05, 4.69) is 10.3 Å². The van der Waals surface area contributed by atoms with Crippen molar-refractivity contribution in [2.45, 2.75) is 23.9 Å². The maximum Gasteiger partial charge on any atom is 0.417 e. The Kier molecular flexibility index (Phi) is 6.79. The molecule has 0 aliphatic rings. The van der Waals surface area contributed by atoms with Crippen LogP contribution in [-0.2, 0) is 27.4 Å². The van der Waals surface area contributed by atoms with Crippen LogP contribution in [-0.4, -0.2) is 19.3 Å². The summed E-state index contributed by atoms with van der Waals surface area (Å²) in [4.78, 5) is 15.3. The molecule has 0 aliphatic carbocycles. The second-order valence-corrected chi connectivity index (χ2v) is 8.51. The predicted octanol–water partition coefficient (Wildman–Crippen LogP) is 4.53. The number of carbonyl (C=O) groups excluding carboxylic acids is 1. The number of amides is 1. The number of carbonyl (C=O) groups is 1. The van der Waals surface area contributed by atoms with E-state index >= 15 is 0 Å². The van der Waals surface area contributed by atoms with E-state index in [9.17, 15) is 35.2 Å². The number of sulfonamides is 1. The van der Waals surface area contributed by atoms with Gasteiger partial charge in [-0.25, -0.2) is 22.3 Å². The Bertz CT molecular complexity index is 1280. The van der Waals surface area contributed by atoms with Gasteiger partial charge in [-0.3, -0.25) is 9.78 Å². The lowest BCUT2D eigenvalue weighted by Gasteiger charge is -2.13. The molecule has 3 N–H and O–H groups in total. The number of nitrogens with two attached hydrogens (primary N) is 1. The quantitative estimate of drug-likeness (QED) is 0.501. The molecule has 3 aromatic rings. The summed E-state index contributed by atoms with van der Waals surface area (Å²) in [6.07, 6.45) is -5.86. The maximum absolute atomic E-state index is 13.0. The molecular formula is C21H16F5N3O3S. The molecule has 1 amide bonds. The fourth-order valence-corrected chi connectivity index (χ4v) is 3.77. The number of rotatable bonds is 6. The number of benzene rings is 2. The van der Waals surface area contributed by atoms with Crippen LogP contribution in [0.25, 0.3) is 11.1 Å². The van der Waals surface area contributed by atoms with Gasteiger partial charge >= 0.3 is 6.18 Å². The molecule has 0 bridgehead atoms. The molecule has 0 fully saturated rings. The molecule has 1 heterocycles. The number of alkyl halides is 5. The van der Waals surface area contributed by atoms with E-state index in [-0.39, 0.29) is 28.8 Å². The number of nitrogens with zero attached hydrogens (tertiary/aromatic N) is 1. The van der Waals surface area contributed by atoms with E-state index in [0.29, 0.717) is 11.8 Å². The summed E-state index contributed by atoms with van der Waals surface area (Å²) in [7, 11) is -4.39. The molecule has 6 nitrogen and oxygen atoms in total. The van der Waals surface area contributed by atoms with Crippen LogP contribution in [0, 0.1) is 0 Å². The monoisotopic (exact) mass is 485 g/mol. The molecular weight excluding hydrogens is 469 g/mol. The minimum Gasteiger partial charge on any atom is -0.326 e. The van der Waals surface area contributed by atoms with E-state index in [1.165, 1.54) is 36.4 Å². The Morgan fingerprint density at radius 3 is 2.27 bits per heavy atom. The highest BCUT2D eigenvalue weighted by atomic mass is 32.2. The van der Waals surface area contributed by atoms with E-state index in [1.54, 1.807) is 0 Å². The van der Waals surface area contributed by atoms with Crippen LogP contribution in [0.3, 0.4) is 0 Å². The largest absolute Gasteiger partial charge is 0.417 e. The van der Waals surface area contributed by atoms with Crippen LogP contribution in [0.5, 0.6) is 0 Å². The summed E-state index contributed by atoms with van der Waals surface area (Å²) in [5, 5.41) is 7.69. The standard InChI is InChI=1S/C21H16F5N3O3S/c22-20(23)13-3-1-12(2-4-13)7-19(30)29-16-5-6-17(18(9-16)33(27,31)32)14-8-15(11-28-10-14)21(24,25)26/h1-6,8-11,20H,7H2,(H,29,30)(H2,27,31,32). The van der Waals surface area contributed by atoms with Gasteiger partial charge in [0.1, 0.15) is 0 Å². The molecule has 3 rings (SSSR count). The summed E-state index contributed by atoms with van der Waals surface area (Å²) >= 11 is 0. The highest BCUT2D eigenvalue weighted by Gasteiger charge is 2.31. The molecule has 0 unspecified atom stereocenters. The molecule has 174 valence electrons. The number of hydrogen-bond acceptors (Lipinski definition) is 4. The van der Waals surface area contributed by atoms with Gasteiger partial charge < -0.3 is 5.32 Å². The zero-order chi connectivity index (χ0) is 24.4. The fourth-order valence-electron chi connectivity index (χ4n) is 2.99. The number of anilines is 1. The van der Waals surface area contributed by atoms with Crippen molar-refractivity contribution in [1.29, 1.82) is 0 Å². The van der Waals surface area contributed by atoms with Gasteiger partial charge in [-0.05, 0) is 23.8 Å². The van der Waals surface area contributed by atoms with Gasteiger partial charge in [0.2, 0.25) is 15.9 Å². The zero-order valence-electron chi connectivity index (χ0n) is 16.6. The number of hydrogen-bond donors (Lipinski definition) is 2. The molecule has 0 saturated carbocycles. The lowest BCUT2D eigenvalue weighted by Crippen LogP contribution is -2.17. The first-order chi connectivity index (χ1) is 15.3. The van der Waals surface area contributed by atoms with Crippen LogP contribution in [0.4, 0.5) is 27.6 Å². The highest BCUT2D eigenvalue weighted by Crippen LogP contribution is 2.34. The van der Waals surface area contributed by atoms with Crippen LogP contribution in [0.2, 0.25) is 0 Å². The van der Waals surface area contributed by atoms with Crippen molar-refractivity contribution >= 4 is 21.6 Å². The van der Waals surface area contributed by atoms with Crippen molar-refractivity contribution < 1.29 is 35.2 Å². The van der Waals surface area contributed by atoms with Gasteiger partial charge in [0.15, 0.2) is 0 Å². The summed E-state index contributed by atoms with van der Waals surface area (Å²) in [6, 6.07) is 9.34. The van der Waals surface area contributed by atoms with Gasteiger partial charge in [0.25, 0.3) is 6.43 Å². The maximum atomic E-state index is 13.0. The number of primary sulfonamides is 1. The van der Waals surface area contributed by atoms with Crippen molar-refractivity contribution in [1.82, 2.24) is 4.98 Å². The molecule has 12 heteroatoms. The van der Waals surface area contributed by atoms with Crippen LogP contribution in [0.15, 0.2) is 65.8 Å². The lowest BCUT2D eigenvalue weighted by molar-refractivity contribution is -0.137. The van der Waals surface area contributed by atoms with Crippen LogP contribution >= 0.6 is 0 Å². The molecule has 2 aromatic carbocycles. The van der Waals surface area contributed by atoms with Crippen molar-refractivity contribution in [3.05, 3.63) is 77.6 Å². The van der Waals surface area contributed by atoms with Crippen molar-refractivity contribution in [3.63, 3.8) is 0 Å². The molecule has 0 radical (unpaired) electrons. The minimum absolute atomic E-state index is 0.0249. The van der Waals surface area contributed by atoms with E-state index in [1.807, 2.05) is 0 Å². The Labute approximate surface area is 185 Å². The summed E-state index contributed by atoms with van der Waals surface area (Å²) < 4.78 is 88.4. The second kappa shape index (κ2) is 9.24. The summed E-state index contributed by atoms with van der Waals surface area (Å²) in [5.74, 6) is -0.575. The summed E-state index contributed by atoms with van der Waals surface area (Å²) in [5.41, 5.74) is -1.07. The van der Waals surface area contributed by atoms with E-state index < -0.39 is 39.0 Å². The van der Waals surface area contributed by atoms with Crippen molar-refractivity contribution in [2.75, 3.05) is 5.32 Å². The smallest absolute Gasteiger partial charge is 0.326 e. The Morgan fingerprint density at radius 2 is 1.70 bits per heavy atom. The van der Waals surface area contributed by atoms with Crippen molar-refractivity contribution in [2.24, 2.45) is 5.14 Å². The van der Waals surface area contributed by atoms with E-state index in [0.717, 1.165) is 18.3 Å². The predicted molar refractivity (Wildman–Crippen MR) is 110 cm³/mol. The number of nitrogens with one attached hydrogen (secondary N) is 1. The van der Waals surface area contributed by atoms with Gasteiger partial charge in [-0.15, -0.1) is 0 Å². The average Bonchev–Trinajstić information content (AvgIpc) is 2.73. The second-order valence-electron chi connectivity index (χ2n) is 6.98. The van der Waals surface area contributed by atoms with Crippen LogP contribution < -0.4 is 10.5 Å². The summed E-state index contributed by atoms with van der Waals surface area (Å²) in [6.45, 7) is 0. The Morgan fingerprint density at radius 1 is 1.03 bits per heavy atom. The Hall–Kier alpha value is -3.38. The molecule has 0 atom stereocenters. The first-order valence-electron chi connectivity index (χ1n) is 9.21. The molecule has 1 aromatic heterocycles. The normalized spacial score (nSPS) is 12.1. The number of pyridine rings is 1. The molecule has 0 spiro atoms. The van der Waals surface area contributed by atoms with Crippen molar-refractivity contribution in [3.8, 4) is 11.1 Å². The molecule has 33 heavy (non-hydrogen) atoms. The topological polar surface area (TPSA) is 102 Å². The van der Waals surface area contributed by atoms with Crippen LogP contribution in [0.1, 0.15) is 23.1 Å². The SMILES string of the molecule is NS(=O)(=O)c1cc(NC(=O)Cc2ccc(C(F)F)cc2)ccc1-c1cncc(C(F)(F)F)c1. The lowest BCUT2D eigenvalue weighted by atomic mass is 10.0. The molecule has 0 saturated heterocycles. The van der Waals surface area contributed by atoms with Gasteiger partial charge in [-0.1, -0.05) is 30.3 Å². The minimum atomic E-state index is -4.69. The first-order valence-corrected chi connectivity index (χ1v) is 10.8. The Balaban J connectivity index is 1.87. The third-order valence-corrected chi connectivity index (χ3v) is 5.50. The average molecular weight is 485 g/mol. The van der Waals surface area contributed by atoms with Gasteiger partial charge in [0.05, 0.1) is 16.9 Å². The zero-order valence-corrected chi connectivity index (χ0v) is 17.4. The number of aromatic nitrogens is 1.